The molecule has 24 heavy (non-hydrogen) atoms. The third-order valence-electron chi connectivity index (χ3n) is 4.60. The Morgan fingerprint density at radius 2 is 2.25 bits per heavy atom. The van der Waals surface area contributed by atoms with E-state index in [4.69, 9.17) is 4.74 Å². The van der Waals surface area contributed by atoms with E-state index >= 15 is 0 Å². The van der Waals surface area contributed by atoms with Crippen molar-refractivity contribution >= 4 is 6.09 Å². The van der Waals surface area contributed by atoms with Gasteiger partial charge in [-0.2, -0.15) is 5.10 Å². The van der Waals surface area contributed by atoms with Crippen molar-refractivity contribution in [1.82, 2.24) is 20.0 Å². The third kappa shape index (κ3) is 4.08. The molecule has 1 unspecified atom stereocenters. The normalized spacial score (nSPS) is 25.4. The van der Waals surface area contributed by atoms with Gasteiger partial charge in [-0.05, 0) is 33.6 Å². The van der Waals surface area contributed by atoms with Gasteiger partial charge >= 0.3 is 6.09 Å². The van der Waals surface area contributed by atoms with Crippen LogP contribution in [0.1, 0.15) is 44.9 Å². The predicted molar refractivity (Wildman–Crippen MR) is 89.6 cm³/mol. The van der Waals surface area contributed by atoms with Crippen molar-refractivity contribution < 1.29 is 14.6 Å². The van der Waals surface area contributed by atoms with Gasteiger partial charge in [0.1, 0.15) is 5.60 Å². The van der Waals surface area contributed by atoms with Gasteiger partial charge in [0.05, 0.1) is 18.3 Å². The summed E-state index contributed by atoms with van der Waals surface area (Å²) in [6.07, 6.45) is 3.94. The number of carbonyl (C=O) groups excluding carboxylic acids is 1. The van der Waals surface area contributed by atoms with Gasteiger partial charge in [0, 0.05) is 43.9 Å². The minimum Gasteiger partial charge on any atom is -0.444 e. The average Bonchev–Trinajstić information content (AvgIpc) is 2.92. The number of H-pyrrole nitrogens is 1. The molecular weight excluding hydrogens is 308 g/mol. The van der Waals surface area contributed by atoms with E-state index < -0.39 is 11.2 Å². The number of rotatable bonds is 2. The van der Waals surface area contributed by atoms with Crippen molar-refractivity contribution in [3.8, 4) is 0 Å². The second-order valence-electron chi connectivity index (χ2n) is 8.06. The molecule has 7 heteroatoms. The lowest BCUT2D eigenvalue weighted by Crippen LogP contribution is -2.56. The molecule has 1 amide bonds. The molecule has 0 radical (unpaired) electrons. The Kier molecular flexibility index (Phi) is 4.57. The number of piperidine rings is 1. The minimum atomic E-state index is -0.879. The monoisotopic (exact) mass is 336 g/mol. The first-order valence-corrected chi connectivity index (χ1v) is 8.68. The van der Waals surface area contributed by atoms with Gasteiger partial charge in [-0.25, -0.2) is 4.79 Å². The molecule has 1 aromatic rings. The molecule has 2 aliphatic heterocycles. The summed E-state index contributed by atoms with van der Waals surface area (Å²) in [4.78, 5) is 16.2. The topological polar surface area (TPSA) is 81.7 Å². The fourth-order valence-electron chi connectivity index (χ4n) is 3.56. The van der Waals surface area contributed by atoms with E-state index in [-0.39, 0.29) is 6.09 Å². The molecule has 134 valence electrons. The molecule has 0 aromatic carbocycles. The second-order valence-corrected chi connectivity index (χ2v) is 8.06. The van der Waals surface area contributed by atoms with Crippen LogP contribution in [-0.4, -0.2) is 68.6 Å². The lowest BCUT2D eigenvalue weighted by molar-refractivity contribution is -0.0612. The molecule has 0 bridgehead atoms. The molecule has 0 aliphatic carbocycles. The van der Waals surface area contributed by atoms with Crippen LogP contribution in [0, 0.1) is 0 Å². The number of aromatic amines is 1. The van der Waals surface area contributed by atoms with Crippen LogP contribution >= 0.6 is 0 Å². The summed E-state index contributed by atoms with van der Waals surface area (Å²) in [5.41, 5.74) is 0.995. The molecule has 0 saturated carbocycles. The number of likely N-dealkylation sites (tertiary alicyclic amines) is 1. The second kappa shape index (κ2) is 6.37. The fourth-order valence-corrected chi connectivity index (χ4v) is 3.56. The molecule has 1 aromatic heterocycles. The van der Waals surface area contributed by atoms with Crippen molar-refractivity contribution in [3.63, 3.8) is 0 Å². The van der Waals surface area contributed by atoms with Crippen molar-refractivity contribution in [2.75, 3.05) is 26.2 Å². The first kappa shape index (κ1) is 17.2. The van der Waals surface area contributed by atoms with Gasteiger partial charge in [-0.3, -0.25) is 10.00 Å². The van der Waals surface area contributed by atoms with Crippen LogP contribution < -0.4 is 0 Å². The quantitative estimate of drug-likeness (QED) is 0.856. The Labute approximate surface area is 143 Å². The highest BCUT2D eigenvalue weighted by Crippen LogP contribution is 2.26. The summed E-state index contributed by atoms with van der Waals surface area (Å²) in [6, 6.07) is 0. The number of carbonyl (C=O) groups is 1. The SMILES string of the molecule is CC(C)(C)OC(=O)N1CCCC(O)(CN2CCc3[nH]ncc3C2)C1. The Morgan fingerprint density at radius 3 is 3.00 bits per heavy atom. The predicted octanol–water partition coefficient (Wildman–Crippen LogP) is 1.53. The fraction of sp³-hybridized carbons (Fsp3) is 0.765. The number of hydrogen-bond donors (Lipinski definition) is 2. The van der Waals surface area contributed by atoms with Gasteiger partial charge in [0.15, 0.2) is 0 Å². The Balaban J connectivity index is 1.60. The van der Waals surface area contributed by atoms with Crippen molar-refractivity contribution in [2.24, 2.45) is 0 Å². The zero-order valence-corrected chi connectivity index (χ0v) is 14.8. The van der Waals surface area contributed by atoms with Crippen LogP contribution in [0.5, 0.6) is 0 Å². The van der Waals surface area contributed by atoms with E-state index in [1.165, 1.54) is 11.3 Å². The van der Waals surface area contributed by atoms with E-state index in [0.29, 0.717) is 26.1 Å². The number of aliphatic hydroxyl groups is 1. The first-order valence-electron chi connectivity index (χ1n) is 8.68. The minimum absolute atomic E-state index is 0.330. The van der Waals surface area contributed by atoms with Gasteiger partial charge in [0.25, 0.3) is 0 Å². The van der Waals surface area contributed by atoms with Gasteiger partial charge < -0.3 is 14.7 Å². The third-order valence-corrected chi connectivity index (χ3v) is 4.60. The molecule has 3 heterocycles. The Morgan fingerprint density at radius 1 is 1.46 bits per heavy atom. The van der Waals surface area contributed by atoms with Crippen LogP contribution in [0.25, 0.3) is 0 Å². The number of amides is 1. The highest BCUT2D eigenvalue weighted by Gasteiger charge is 2.38. The van der Waals surface area contributed by atoms with E-state index in [0.717, 1.165) is 25.9 Å². The van der Waals surface area contributed by atoms with Crippen LogP contribution in [0.2, 0.25) is 0 Å². The van der Waals surface area contributed by atoms with E-state index in [1.54, 1.807) is 4.90 Å². The number of β-amino-alcohol motifs (C(OH)–C–C–N with tert-alkyl or cyclic N) is 1. The van der Waals surface area contributed by atoms with Crippen molar-refractivity contribution in [1.29, 1.82) is 0 Å². The highest BCUT2D eigenvalue weighted by atomic mass is 16.6. The number of ether oxygens (including phenoxy) is 1. The maximum Gasteiger partial charge on any atom is 0.410 e. The molecule has 2 aliphatic rings. The molecule has 1 atom stereocenters. The highest BCUT2D eigenvalue weighted by molar-refractivity contribution is 5.68. The number of nitrogens with one attached hydrogen (secondary N) is 1. The van der Waals surface area contributed by atoms with Crippen LogP contribution in [0.3, 0.4) is 0 Å². The van der Waals surface area contributed by atoms with Crippen LogP contribution in [0.4, 0.5) is 4.79 Å². The summed E-state index contributed by atoms with van der Waals surface area (Å²) in [7, 11) is 0. The molecule has 7 nitrogen and oxygen atoms in total. The summed E-state index contributed by atoms with van der Waals surface area (Å²) in [6.45, 7) is 8.80. The van der Waals surface area contributed by atoms with Gasteiger partial charge in [0.2, 0.25) is 0 Å². The largest absolute Gasteiger partial charge is 0.444 e. The number of nitrogens with zero attached hydrogens (tertiary/aromatic N) is 3. The number of fused-ring (bicyclic) bond motifs is 1. The van der Waals surface area contributed by atoms with Crippen LogP contribution in [0.15, 0.2) is 6.20 Å². The maximum absolute atomic E-state index is 12.3. The molecule has 3 rings (SSSR count). The molecule has 1 saturated heterocycles. The van der Waals surface area contributed by atoms with Crippen molar-refractivity contribution in [3.05, 3.63) is 17.5 Å². The number of hydrogen-bond acceptors (Lipinski definition) is 5. The summed E-state index contributed by atoms with van der Waals surface area (Å²) in [5, 5.41) is 18.1. The van der Waals surface area contributed by atoms with E-state index in [1.807, 2.05) is 27.0 Å². The number of aromatic nitrogens is 2. The first-order chi connectivity index (χ1) is 11.2. The summed E-state index contributed by atoms with van der Waals surface area (Å²) in [5.74, 6) is 0. The zero-order valence-electron chi connectivity index (χ0n) is 14.8. The summed E-state index contributed by atoms with van der Waals surface area (Å²) < 4.78 is 5.45. The molecule has 1 fully saturated rings. The van der Waals surface area contributed by atoms with E-state index in [9.17, 15) is 9.90 Å². The lowest BCUT2D eigenvalue weighted by atomic mass is 9.91. The molecule has 0 spiro atoms. The van der Waals surface area contributed by atoms with Crippen LogP contribution in [-0.2, 0) is 17.7 Å². The standard InChI is InChI=1S/C17H28N4O3/c1-16(2,3)24-15(22)21-7-4-6-17(23,12-21)11-20-8-5-14-13(10-20)9-18-19-14/h9,23H,4-8,10-12H2,1-3H3,(H,18,19). The average molecular weight is 336 g/mol. The summed E-state index contributed by atoms with van der Waals surface area (Å²) >= 11 is 0. The van der Waals surface area contributed by atoms with Gasteiger partial charge in [-0.1, -0.05) is 0 Å². The molecule has 2 N–H and O–H groups in total. The van der Waals surface area contributed by atoms with Gasteiger partial charge in [-0.15, -0.1) is 0 Å². The maximum atomic E-state index is 12.3. The Bertz CT molecular complexity index is 595. The lowest BCUT2D eigenvalue weighted by Gasteiger charge is -2.42. The zero-order chi connectivity index (χ0) is 17.4. The smallest absolute Gasteiger partial charge is 0.410 e. The molecular formula is C17H28N4O3. The van der Waals surface area contributed by atoms with E-state index in [2.05, 4.69) is 15.1 Å². The van der Waals surface area contributed by atoms with Crippen molar-refractivity contribution in [2.45, 2.75) is 57.8 Å². The Hall–Kier alpha value is -1.60.